The molecule has 0 spiro atoms. The Bertz CT molecular complexity index is 614. The Morgan fingerprint density at radius 1 is 1.15 bits per heavy atom. The smallest absolute Gasteiger partial charge is 0.238 e. The van der Waals surface area contributed by atoms with E-state index in [9.17, 15) is 18.0 Å². The zero-order chi connectivity index (χ0) is 14.8. The minimum atomic E-state index is -3.64. The van der Waals surface area contributed by atoms with Crippen LogP contribution < -0.4 is 0 Å². The van der Waals surface area contributed by atoms with Gasteiger partial charge in [0.2, 0.25) is 5.91 Å². The number of carbonyl (C=O) groups excluding carboxylic acids is 2. The van der Waals surface area contributed by atoms with E-state index >= 15 is 0 Å². The summed E-state index contributed by atoms with van der Waals surface area (Å²) in [7, 11) is -3.64. The number of hydrogen-bond acceptors (Lipinski definition) is 4. The minimum absolute atomic E-state index is 0.116. The SMILES string of the molecule is O=C1CCN(C(=O)CS(=O)(=O)c2ccc(Br)cc2)CC1. The zero-order valence-corrected chi connectivity index (χ0v) is 13.1. The molecule has 0 aromatic heterocycles. The van der Waals surface area contributed by atoms with Crippen LogP contribution in [0.2, 0.25) is 0 Å². The Balaban J connectivity index is 2.06. The summed E-state index contributed by atoms with van der Waals surface area (Å²) in [6.07, 6.45) is 0.619. The first-order chi connectivity index (χ1) is 9.38. The van der Waals surface area contributed by atoms with Gasteiger partial charge in [-0.1, -0.05) is 15.9 Å². The molecule has 1 aromatic carbocycles. The van der Waals surface area contributed by atoms with Gasteiger partial charge in [-0.3, -0.25) is 9.59 Å². The molecule has 0 unspecified atom stereocenters. The second kappa shape index (κ2) is 6.05. The first kappa shape index (κ1) is 15.2. The monoisotopic (exact) mass is 359 g/mol. The van der Waals surface area contributed by atoms with Crippen LogP contribution in [0.25, 0.3) is 0 Å². The van der Waals surface area contributed by atoms with Gasteiger partial charge in [-0.15, -0.1) is 0 Å². The number of benzene rings is 1. The van der Waals surface area contributed by atoms with Crippen molar-refractivity contribution in [1.29, 1.82) is 0 Å². The molecule has 0 aliphatic carbocycles. The molecular weight excluding hydrogens is 346 g/mol. The van der Waals surface area contributed by atoms with Gasteiger partial charge in [-0.25, -0.2) is 8.42 Å². The fraction of sp³-hybridized carbons (Fsp3) is 0.385. The first-order valence-electron chi connectivity index (χ1n) is 6.16. The molecule has 1 aliphatic rings. The lowest BCUT2D eigenvalue weighted by molar-refractivity contribution is -0.132. The van der Waals surface area contributed by atoms with Gasteiger partial charge in [0.05, 0.1) is 4.90 Å². The molecule has 1 fully saturated rings. The van der Waals surface area contributed by atoms with E-state index in [1.54, 1.807) is 12.1 Å². The van der Waals surface area contributed by atoms with Crippen LogP contribution in [0.5, 0.6) is 0 Å². The lowest BCUT2D eigenvalue weighted by atomic mass is 10.1. The number of carbonyl (C=O) groups is 2. The van der Waals surface area contributed by atoms with E-state index in [4.69, 9.17) is 0 Å². The predicted octanol–water partition coefficient (Wildman–Crippen LogP) is 1.41. The Morgan fingerprint density at radius 2 is 1.70 bits per heavy atom. The highest BCUT2D eigenvalue weighted by molar-refractivity contribution is 9.10. The van der Waals surface area contributed by atoms with Crippen LogP contribution in [0.4, 0.5) is 0 Å². The number of rotatable bonds is 3. The van der Waals surface area contributed by atoms with E-state index in [0.29, 0.717) is 25.9 Å². The number of likely N-dealkylation sites (tertiary alicyclic amines) is 1. The highest BCUT2D eigenvalue weighted by atomic mass is 79.9. The van der Waals surface area contributed by atoms with Gasteiger partial charge in [0, 0.05) is 30.4 Å². The Morgan fingerprint density at radius 3 is 2.25 bits per heavy atom. The van der Waals surface area contributed by atoms with Gasteiger partial charge in [0.1, 0.15) is 11.5 Å². The summed E-state index contributed by atoms with van der Waals surface area (Å²) in [6, 6.07) is 6.17. The lowest BCUT2D eigenvalue weighted by Crippen LogP contribution is -2.41. The number of sulfone groups is 1. The predicted molar refractivity (Wildman–Crippen MR) is 77.0 cm³/mol. The van der Waals surface area contributed by atoms with E-state index in [1.165, 1.54) is 17.0 Å². The molecule has 0 saturated carbocycles. The van der Waals surface area contributed by atoms with Crippen LogP contribution in [-0.2, 0) is 19.4 Å². The van der Waals surface area contributed by atoms with E-state index in [1.807, 2.05) is 0 Å². The third-order valence-electron chi connectivity index (χ3n) is 3.16. The Labute approximate surface area is 126 Å². The van der Waals surface area contributed by atoms with Crippen molar-refractivity contribution in [3.05, 3.63) is 28.7 Å². The van der Waals surface area contributed by atoms with Crippen molar-refractivity contribution < 1.29 is 18.0 Å². The second-order valence-electron chi connectivity index (χ2n) is 4.63. The van der Waals surface area contributed by atoms with E-state index in [0.717, 1.165) is 4.47 Å². The molecule has 1 heterocycles. The fourth-order valence-corrected chi connectivity index (χ4v) is 3.47. The van der Waals surface area contributed by atoms with Gasteiger partial charge in [0.15, 0.2) is 9.84 Å². The van der Waals surface area contributed by atoms with Gasteiger partial charge < -0.3 is 4.90 Å². The second-order valence-corrected chi connectivity index (χ2v) is 7.54. The standard InChI is InChI=1S/C13H14BrNO4S/c14-10-1-3-12(4-2-10)20(18,19)9-13(17)15-7-5-11(16)6-8-15/h1-4H,5-9H2. The molecule has 0 atom stereocenters. The highest BCUT2D eigenvalue weighted by Gasteiger charge is 2.26. The third-order valence-corrected chi connectivity index (χ3v) is 5.31. The molecule has 2 rings (SSSR count). The lowest BCUT2D eigenvalue weighted by Gasteiger charge is -2.25. The van der Waals surface area contributed by atoms with Crippen molar-refractivity contribution >= 4 is 37.5 Å². The Hall–Kier alpha value is -1.21. The zero-order valence-electron chi connectivity index (χ0n) is 10.7. The van der Waals surface area contributed by atoms with Crippen molar-refractivity contribution in [2.45, 2.75) is 17.7 Å². The van der Waals surface area contributed by atoms with Gasteiger partial charge in [0.25, 0.3) is 0 Å². The molecule has 1 aromatic rings. The maximum Gasteiger partial charge on any atom is 0.238 e. The molecule has 0 radical (unpaired) electrons. The van der Waals surface area contributed by atoms with Crippen molar-refractivity contribution in [1.82, 2.24) is 4.90 Å². The average Bonchev–Trinajstić information content (AvgIpc) is 2.39. The molecule has 1 aliphatic heterocycles. The molecule has 0 N–H and O–H groups in total. The number of amides is 1. The molecule has 108 valence electrons. The first-order valence-corrected chi connectivity index (χ1v) is 8.61. The summed E-state index contributed by atoms with van der Waals surface area (Å²) in [5.41, 5.74) is 0. The largest absolute Gasteiger partial charge is 0.341 e. The number of nitrogens with zero attached hydrogens (tertiary/aromatic N) is 1. The van der Waals surface area contributed by atoms with Gasteiger partial charge >= 0.3 is 0 Å². The van der Waals surface area contributed by atoms with Gasteiger partial charge in [-0.05, 0) is 24.3 Å². The molecule has 0 bridgehead atoms. The summed E-state index contributed by atoms with van der Waals surface area (Å²) in [4.78, 5) is 24.7. The quantitative estimate of drug-likeness (QED) is 0.817. The van der Waals surface area contributed by atoms with Crippen LogP contribution in [0.3, 0.4) is 0 Å². The number of ketones is 1. The van der Waals surface area contributed by atoms with Crippen LogP contribution in [-0.4, -0.2) is 43.9 Å². The van der Waals surface area contributed by atoms with Gasteiger partial charge in [-0.2, -0.15) is 0 Å². The van der Waals surface area contributed by atoms with Crippen molar-refractivity contribution in [2.24, 2.45) is 0 Å². The summed E-state index contributed by atoms with van der Waals surface area (Å²) in [5.74, 6) is -0.881. The fourth-order valence-electron chi connectivity index (χ4n) is 1.98. The molecule has 1 amide bonds. The van der Waals surface area contributed by atoms with E-state index in [2.05, 4.69) is 15.9 Å². The number of halogens is 1. The summed E-state index contributed by atoms with van der Waals surface area (Å²) >= 11 is 3.23. The highest BCUT2D eigenvalue weighted by Crippen LogP contribution is 2.17. The number of hydrogen-bond donors (Lipinski definition) is 0. The molecule has 20 heavy (non-hydrogen) atoms. The molecular formula is C13H14BrNO4S. The van der Waals surface area contributed by atoms with Crippen molar-refractivity contribution in [3.8, 4) is 0 Å². The maximum absolute atomic E-state index is 12.1. The number of Topliss-reactive ketones (excluding diaryl/α,β-unsaturated/α-hetero) is 1. The minimum Gasteiger partial charge on any atom is -0.341 e. The summed E-state index contributed by atoms with van der Waals surface area (Å²) in [6.45, 7) is 0.626. The maximum atomic E-state index is 12.1. The Kier molecular flexibility index (Phi) is 4.59. The van der Waals surface area contributed by atoms with Crippen LogP contribution in [0.1, 0.15) is 12.8 Å². The molecule has 7 heteroatoms. The molecule has 1 saturated heterocycles. The topological polar surface area (TPSA) is 71.5 Å². The van der Waals surface area contributed by atoms with Crippen molar-refractivity contribution in [3.63, 3.8) is 0 Å². The normalized spacial score (nSPS) is 16.2. The average molecular weight is 360 g/mol. The van der Waals surface area contributed by atoms with Crippen LogP contribution in [0.15, 0.2) is 33.6 Å². The van der Waals surface area contributed by atoms with Crippen LogP contribution in [0, 0.1) is 0 Å². The van der Waals surface area contributed by atoms with E-state index in [-0.39, 0.29) is 10.7 Å². The number of piperidine rings is 1. The molecule has 5 nitrogen and oxygen atoms in total. The van der Waals surface area contributed by atoms with Crippen LogP contribution >= 0.6 is 15.9 Å². The summed E-state index contributed by atoms with van der Waals surface area (Å²) < 4.78 is 25.0. The van der Waals surface area contributed by atoms with E-state index < -0.39 is 21.5 Å². The third kappa shape index (κ3) is 3.67. The summed E-state index contributed by atoms with van der Waals surface area (Å²) in [5, 5.41) is 0. The van der Waals surface area contributed by atoms with Crippen molar-refractivity contribution in [2.75, 3.05) is 18.8 Å².